The van der Waals surface area contributed by atoms with E-state index in [9.17, 15) is 0 Å². The highest BCUT2D eigenvalue weighted by Gasteiger charge is 2.20. The molecule has 0 bridgehead atoms. The van der Waals surface area contributed by atoms with Crippen molar-refractivity contribution in [2.24, 2.45) is 5.84 Å². The lowest BCUT2D eigenvalue weighted by atomic mass is 9.99. The van der Waals surface area contributed by atoms with Crippen molar-refractivity contribution in [3.63, 3.8) is 0 Å². The number of halogens is 2. The van der Waals surface area contributed by atoms with E-state index in [4.69, 9.17) is 10.6 Å². The number of hydrazine groups is 1. The first-order valence-corrected chi connectivity index (χ1v) is 8.26. The molecule has 1 unspecified atom stereocenters. The highest BCUT2D eigenvalue weighted by Crippen LogP contribution is 2.38. The molecule has 1 aliphatic rings. The van der Waals surface area contributed by atoms with Crippen LogP contribution in [0.4, 0.5) is 0 Å². The van der Waals surface area contributed by atoms with E-state index in [1.54, 1.807) is 11.3 Å². The summed E-state index contributed by atoms with van der Waals surface area (Å²) in [6.45, 7) is 0.771. The van der Waals surface area contributed by atoms with E-state index in [-0.39, 0.29) is 6.04 Å². The fourth-order valence-electron chi connectivity index (χ4n) is 2.30. The molecule has 6 heteroatoms. The average molecular weight is 404 g/mol. The summed E-state index contributed by atoms with van der Waals surface area (Å²) in [7, 11) is 0. The zero-order valence-corrected chi connectivity index (χ0v) is 13.9. The Morgan fingerprint density at radius 1 is 1.32 bits per heavy atom. The van der Waals surface area contributed by atoms with Gasteiger partial charge in [-0.2, -0.15) is 0 Å². The lowest BCUT2D eigenvalue weighted by molar-refractivity contribution is 0.357. The largest absolute Gasteiger partial charge is 0.493 e. The number of fused-ring (bicyclic) bond motifs is 1. The third-order valence-corrected chi connectivity index (χ3v) is 5.59. The summed E-state index contributed by atoms with van der Waals surface area (Å²) in [4.78, 5) is 0. The lowest BCUT2D eigenvalue weighted by Gasteiger charge is -2.16. The number of nitrogens with two attached hydrogens (primary N) is 1. The molecular weight excluding hydrogens is 392 g/mol. The van der Waals surface area contributed by atoms with Gasteiger partial charge in [-0.1, -0.05) is 12.1 Å². The normalized spacial score (nSPS) is 15.1. The van der Waals surface area contributed by atoms with E-state index in [1.165, 1.54) is 5.56 Å². The first-order chi connectivity index (χ1) is 9.19. The molecule has 19 heavy (non-hydrogen) atoms. The standard InChI is InChI=1S/C13H12Br2N2OS/c14-11-6-9(13(15)19-11)12(17-16)8-1-2-10-7(5-8)3-4-18-10/h1-2,5-6,12,17H,3-4,16H2. The molecule has 0 radical (unpaired) electrons. The van der Waals surface area contributed by atoms with Crippen molar-refractivity contribution < 1.29 is 4.74 Å². The van der Waals surface area contributed by atoms with E-state index in [1.807, 2.05) is 6.07 Å². The van der Waals surface area contributed by atoms with Crippen molar-refractivity contribution in [2.45, 2.75) is 12.5 Å². The zero-order chi connectivity index (χ0) is 13.4. The predicted molar refractivity (Wildman–Crippen MR) is 84.5 cm³/mol. The Kier molecular flexibility index (Phi) is 3.96. The van der Waals surface area contributed by atoms with E-state index in [2.05, 4.69) is 55.5 Å². The number of rotatable bonds is 3. The van der Waals surface area contributed by atoms with Crippen molar-refractivity contribution >= 4 is 43.2 Å². The summed E-state index contributed by atoms with van der Waals surface area (Å²) in [6, 6.07) is 8.32. The Morgan fingerprint density at radius 2 is 2.16 bits per heavy atom. The summed E-state index contributed by atoms with van der Waals surface area (Å²) < 4.78 is 7.70. The Balaban J connectivity index is 2.00. The van der Waals surface area contributed by atoms with Gasteiger partial charge in [-0.15, -0.1) is 11.3 Å². The van der Waals surface area contributed by atoms with Crippen LogP contribution in [0.2, 0.25) is 0 Å². The number of nitrogens with one attached hydrogen (secondary N) is 1. The number of ether oxygens (including phenoxy) is 1. The first-order valence-electron chi connectivity index (χ1n) is 5.85. The van der Waals surface area contributed by atoms with E-state index in [0.29, 0.717) is 0 Å². The molecule has 1 aliphatic heterocycles. The minimum absolute atomic E-state index is 0.0252. The highest BCUT2D eigenvalue weighted by atomic mass is 79.9. The Morgan fingerprint density at radius 3 is 2.84 bits per heavy atom. The van der Waals surface area contributed by atoms with Crippen LogP contribution in [0.15, 0.2) is 31.8 Å². The summed E-state index contributed by atoms with van der Waals surface area (Å²) in [5, 5.41) is 0. The van der Waals surface area contributed by atoms with Gasteiger partial charge in [0.1, 0.15) is 5.75 Å². The molecule has 1 aromatic heterocycles. The molecule has 3 N–H and O–H groups in total. The highest BCUT2D eigenvalue weighted by molar-refractivity contribution is 9.12. The molecule has 2 heterocycles. The van der Waals surface area contributed by atoms with Crippen molar-refractivity contribution in [3.05, 3.63) is 48.5 Å². The van der Waals surface area contributed by atoms with E-state index < -0.39 is 0 Å². The van der Waals surface area contributed by atoms with Crippen molar-refractivity contribution in [1.29, 1.82) is 0 Å². The van der Waals surface area contributed by atoms with Crippen LogP contribution in [0, 0.1) is 0 Å². The molecule has 3 nitrogen and oxygen atoms in total. The van der Waals surface area contributed by atoms with Gasteiger partial charge in [0.25, 0.3) is 0 Å². The molecule has 0 spiro atoms. The van der Waals surface area contributed by atoms with Crippen LogP contribution in [0.5, 0.6) is 5.75 Å². The third kappa shape index (κ3) is 2.60. The second-order valence-electron chi connectivity index (χ2n) is 4.34. The lowest BCUT2D eigenvalue weighted by Crippen LogP contribution is -2.28. The van der Waals surface area contributed by atoms with Gasteiger partial charge in [0.15, 0.2) is 0 Å². The Labute approximate surface area is 132 Å². The Hall–Kier alpha value is -0.400. The minimum atomic E-state index is -0.0252. The molecule has 1 aromatic carbocycles. The van der Waals surface area contributed by atoms with Crippen molar-refractivity contribution in [2.75, 3.05) is 6.61 Å². The van der Waals surface area contributed by atoms with Crippen molar-refractivity contribution in [3.8, 4) is 5.75 Å². The van der Waals surface area contributed by atoms with Crippen LogP contribution in [-0.4, -0.2) is 6.61 Å². The summed E-state index contributed by atoms with van der Waals surface area (Å²) in [6.07, 6.45) is 0.967. The van der Waals surface area contributed by atoms with Gasteiger partial charge in [-0.05, 0) is 55.1 Å². The number of hydrogen-bond donors (Lipinski definition) is 2. The number of benzene rings is 1. The zero-order valence-electron chi connectivity index (χ0n) is 9.95. The molecule has 0 saturated heterocycles. The number of thiophene rings is 1. The molecule has 100 valence electrons. The first kappa shape index (κ1) is 13.6. The average Bonchev–Trinajstić information content (AvgIpc) is 2.97. The summed E-state index contributed by atoms with van der Waals surface area (Å²) >= 11 is 8.74. The van der Waals surface area contributed by atoms with Gasteiger partial charge in [-0.25, -0.2) is 5.43 Å². The van der Waals surface area contributed by atoms with Crippen LogP contribution in [0.3, 0.4) is 0 Å². The van der Waals surface area contributed by atoms with Gasteiger partial charge in [0.2, 0.25) is 0 Å². The maximum Gasteiger partial charge on any atom is 0.122 e. The summed E-state index contributed by atoms with van der Waals surface area (Å²) in [5.74, 6) is 6.74. The van der Waals surface area contributed by atoms with Gasteiger partial charge in [0, 0.05) is 12.0 Å². The van der Waals surface area contributed by atoms with Gasteiger partial charge < -0.3 is 4.74 Å². The molecule has 1 atom stereocenters. The van der Waals surface area contributed by atoms with Crippen LogP contribution >= 0.6 is 43.2 Å². The van der Waals surface area contributed by atoms with Crippen LogP contribution in [0.25, 0.3) is 0 Å². The SMILES string of the molecule is NNC(c1ccc2c(c1)CCO2)c1cc(Br)sc1Br. The van der Waals surface area contributed by atoms with E-state index in [0.717, 1.165) is 37.5 Å². The molecule has 0 amide bonds. The van der Waals surface area contributed by atoms with Crippen LogP contribution < -0.4 is 16.0 Å². The van der Waals surface area contributed by atoms with Crippen molar-refractivity contribution in [1.82, 2.24) is 5.43 Å². The quantitative estimate of drug-likeness (QED) is 0.605. The molecule has 0 aliphatic carbocycles. The maximum absolute atomic E-state index is 5.75. The fraction of sp³-hybridized carbons (Fsp3) is 0.231. The van der Waals surface area contributed by atoms with Crippen LogP contribution in [-0.2, 0) is 6.42 Å². The second kappa shape index (κ2) is 5.54. The van der Waals surface area contributed by atoms with Gasteiger partial charge >= 0.3 is 0 Å². The predicted octanol–water partition coefficient (Wildman–Crippen LogP) is 3.76. The molecule has 0 saturated carbocycles. The third-order valence-electron chi connectivity index (χ3n) is 3.21. The number of hydrogen-bond acceptors (Lipinski definition) is 4. The molecule has 3 rings (SSSR count). The van der Waals surface area contributed by atoms with Gasteiger partial charge in [-0.3, -0.25) is 5.84 Å². The minimum Gasteiger partial charge on any atom is -0.493 e. The maximum atomic E-state index is 5.75. The topological polar surface area (TPSA) is 47.3 Å². The second-order valence-corrected chi connectivity index (χ2v) is 8.09. The molecule has 0 fully saturated rings. The molecule has 2 aromatic rings. The monoisotopic (exact) mass is 402 g/mol. The smallest absolute Gasteiger partial charge is 0.122 e. The summed E-state index contributed by atoms with van der Waals surface area (Å²) in [5.41, 5.74) is 6.44. The van der Waals surface area contributed by atoms with Crippen LogP contribution in [0.1, 0.15) is 22.7 Å². The van der Waals surface area contributed by atoms with E-state index >= 15 is 0 Å². The fourth-order valence-corrected chi connectivity index (χ4v) is 5.20. The molecular formula is C13H12Br2N2OS. The Bertz CT molecular complexity index is 615. The van der Waals surface area contributed by atoms with Gasteiger partial charge in [0.05, 0.1) is 20.2 Å².